The van der Waals surface area contributed by atoms with Gasteiger partial charge in [-0.25, -0.2) is 13.8 Å². The van der Waals surface area contributed by atoms with Gasteiger partial charge in [-0.1, -0.05) is 12.1 Å². The molecule has 8 nitrogen and oxygen atoms in total. The van der Waals surface area contributed by atoms with E-state index in [0.29, 0.717) is 56.9 Å². The van der Waals surface area contributed by atoms with E-state index in [9.17, 15) is 24.0 Å². The van der Waals surface area contributed by atoms with Crippen molar-refractivity contribution >= 4 is 11.6 Å². The Bertz CT molecular complexity index is 1120. The van der Waals surface area contributed by atoms with Crippen LogP contribution in [0.15, 0.2) is 33.9 Å². The van der Waals surface area contributed by atoms with Crippen molar-refractivity contribution in [3.63, 3.8) is 0 Å². The minimum Gasteiger partial charge on any atom is -0.366 e. The van der Waals surface area contributed by atoms with E-state index in [0.717, 1.165) is 4.57 Å². The standard InChI is InChI=1S/C20H20FN5O3/c21-15-4-1-2-5-17(15)23-8-10-24(11-9-23)18(27)13-26-19(28)14(12-22)16-6-3-7-25(16)20(26)29/h1-2,4-5H,3,6-11,13H2. The summed E-state index contributed by atoms with van der Waals surface area (Å²) in [7, 11) is 0. The Kier molecular flexibility index (Phi) is 4.92. The third kappa shape index (κ3) is 3.31. The number of para-hydroxylation sites is 1. The van der Waals surface area contributed by atoms with Gasteiger partial charge in [0.15, 0.2) is 0 Å². The number of amides is 1. The fourth-order valence-corrected chi connectivity index (χ4v) is 4.03. The first-order valence-corrected chi connectivity index (χ1v) is 9.55. The average Bonchev–Trinajstić information content (AvgIpc) is 3.22. The molecule has 150 valence electrons. The normalized spacial score (nSPS) is 15.9. The van der Waals surface area contributed by atoms with Crippen LogP contribution in [0.2, 0.25) is 0 Å². The highest BCUT2D eigenvalue weighted by atomic mass is 19.1. The predicted octanol–water partition coefficient (Wildman–Crippen LogP) is 0.316. The summed E-state index contributed by atoms with van der Waals surface area (Å²) < 4.78 is 16.2. The Morgan fingerprint density at radius 3 is 2.52 bits per heavy atom. The molecule has 0 aliphatic carbocycles. The topological polar surface area (TPSA) is 91.3 Å². The summed E-state index contributed by atoms with van der Waals surface area (Å²) in [4.78, 5) is 41.4. The lowest BCUT2D eigenvalue weighted by atomic mass is 10.2. The molecule has 2 aromatic rings. The molecule has 0 bridgehead atoms. The van der Waals surface area contributed by atoms with Crippen LogP contribution in [-0.4, -0.2) is 46.1 Å². The van der Waals surface area contributed by atoms with Crippen molar-refractivity contribution in [3.05, 3.63) is 62.2 Å². The highest BCUT2D eigenvalue weighted by Crippen LogP contribution is 2.20. The van der Waals surface area contributed by atoms with Gasteiger partial charge in [-0.2, -0.15) is 5.26 Å². The molecule has 1 amide bonds. The van der Waals surface area contributed by atoms with E-state index in [2.05, 4.69) is 0 Å². The molecule has 2 aliphatic rings. The monoisotopic (exact) mass is 397 g/mol. The first-order chi connectivity index (χ1) is 14.0. The Morgan fingerprint density at radius 2 is 1.83 bits per heavy atom. The quantitative estimate of drug-likeness (QED) is 0.744. The van der Waals surface area contributed by atoms with Crippen molar-refractivity contribution in [1.29, 1.82) is 5.26 Å². The van der Waals surface area contributed by atoms with Crippen molar-refractivity contribution in [3.8, 4) is 6.07 Å². The van der Waals surface area contributed by atoms with Crippen LogP contribution in [0.5, 0.6) is 0 Å². The maximum absolute atomic E-state index is 14.0. The van der Waals surface area contributed by atoms with Gasteiger partial charge in [-0.3, -0.25) is 14.2 Å². The van der Waals surface area contributed by atoms with Gasteiger partial charge in [0, 0.05) is 38.4 Å². The molecular weight excluding hydrogens is 377 g/mol. The number of carbonyl (C=O) groups excluding carboxylic acids is 1. The van der Waals surface area contributed by atoms with Crippen molar-refractivity contribution < 1.29 is 9.18 Å². The van der Waals surface area contributed by atoms with Gasteiger partial charge in [0.05, 0.1) is 5.69 Å². The number of nitriles is 1. The van der Waals surface area contributed by atoms with Gasteiger partial charge in [0.2, 0.25) is 5.91 Å². The molecule has 1 aromatic heterocycles. The Morgan fingerprint density at radius 1 is 1.10 bits per heavy atom. The van der Waals surface area contributed by atoms with Crippen LogP contribution in [0.3, 0.4) is 0 Å². The SMILES string of the molecule is N#Cc1c2n(c(=O)n(CC(=O)N3CCN(c4ccccc4F)CC3)c1=O)CCC2. The first kappa shape index (κ1) is 18.9. The second-order valence-electron chi connectivity index (χ2n) is 7.18. The van der Waals surface area contributed by atoms with Crippen LogP contribution in [-0.2, 0) is 24.3 Å². The molecule has 0 atom stereocenters. The van der Waals surface area contributed by atoms with Gasteiger partial charge in [0.1, 0.15) is 24.0 Å². The summed E-state index contributed by atoms with van der Waals surface area (Å²) in [6.07, 6.45) is 1.21. The Hall–Kier alpha value is -3.41. The molecular formula is C20H20FN5O3. The lowest BCUT2D eigenvalue weighted by molar-refractivity contribution is -0.132. The van der Waals surface area contributed by atoms with Crippen molar-refractivity contribution in [2.75, 3.05) is 31.1 Å². The molecule has 2 aliphatic heterocycles. The molecule has 1 saturated heterocycles. The van der Waals surface area contributed by atoms with Crippen LogP contribution in [0.25, 0.3) is 0 Å². The molecule has 0 unspecified atom stereocenters. The lowest BCUT2D eigenvalue weighted by Gasteiger charge is -2.36. The largest absolute Gasteiger partial charge is 0.366 e. The fraction of sp³-hybridized carbons (Fsp3) is 0.400. The summed E-state index contributed by atoms with van der Waals surface area (Å²) >= 11 is 0. The highest BCUT2D eigenvalue weighted by Gasteiger charge is 2.26. The second kappa shape index (κ2) is 7.54. The smallest absolute Gasteiger partial charge is 0.331 e. The van der Waals surface area contributed by atoms with Gasteiger partial charge < -0.3 is 9.80 Å². The van der Waals surface area contributed by atoms with Crippen molar-refractivity contribution in [1.82, 2.24) is 14.0 Å². The number of carbonyl (C=O) groups is 1. The zero-order valence-electron chi connectivity index (χ0n) is 15.8. The van der Waals surface area contributed by atoms with Gasteiger partial charge in [-0.05, 0) is 25.0 Å². The Labute approximate surface area is 166 Å². The lowest BCUT2D eigenvalue weighted by Crippen LogP contribution is -2.52. The Balaban J connectivity index is 1.50. The number of nitrogens with zero attached hydrogens (tertiary/aromatic N) is 5. The van der Waals surface area contributed by atoms with Gasteiger partial charge in [0.25, 0.3) is 5.56 Å². The van der Waals surface area contributed by atoms with Gasteiger partial charge >= 0.3 is 5.69 Å². The first-order valence-electron chi connectivity index (χ1n) is 9.55. The van der Waals surface area contributed by atoms with E-state index >= 15 is 0 Å². The molecule has 1 fully saturated rings. The molecule has 1 aromatic carbocycles. The molecule has 4 rings (SSSR count). The molecule has 0 saturated carbocycles. The zero-order valence-corrected chi connectivity index (χ0v) is 15.8. The molecule has 29 heavy (non-hydrogen) atoms. The molecule has 0 spiro atoms. The van der Waals surface area contributed by atoms with E-state index in [1.165, 1.54) is 10.6 Å². The van der Waals surface area contributed by atoms with Crippen LogP contribution in [0, 0.1) is 17.1 Å². The summed E-state index contributed by atoms with van der Waals surface area (Å²) in [5, 5.41) is 9.33. The third-order valence-electron chi connectivity index (χ3n) is 5.56. The second-order valence-corrected chi connectivity index (χ2v) is 7.18. The number of anilines is 1. The molecule has 3 heterocycles. The number of halogens is 1. The van der Waals surface area contributed by atoms with E-state index in [1.807, 2.05) is 11.0 Å². The minimum absolute atomic E-state index is 0.0562. The van der Waals surface area contributed by atoms with E-state index in [1.54, 1.807) is 23.1 Å². The number of fused-ring (bicyclic) bond motifs is 1. The number of piperazine rings is 1. The average molecular weight is 397 g/mol. The number of hydrogen-bond donors (Lipinski definition) is 0. The zero-order chi connectivity index (χ0) is 20.5. The number of aromatic nitrogens is 2. The van der Waals surface area contributed by atoms with E-state index in [-0.39, 0.29) is 17.3 Å². The van der Waals surface area contributed by atoms with Crippen LogP contribution in [0.4, 0.5) is 10.1 Å². The maximum atomic E-state index is 14.0. The number of hydrogen-bond acceptors (Lipinski definition) is 5. The summed E-state index contributed by atoms with van der Waals surface area (Å²) in [6.45, 7) is 1.67. The van der Waals surface area contributed by atoms with Crippen LogP contribution < -0.4 is 16.1 Å². The third-order valence-corrected chi connectivity index (χ3v) is 5.56. The van der Waals surface area contributed by atoms with Crippen molar-refractivity contribution in [2.45, 2.75) is 25.9 Å². The molecule has 9 heteroatoms. The predicted molar refractivity (Wildman–Crippen MR) is 103 cm³/mol. The minimum atomic E-state index is -0.705. The summed E-state index contributed by atoms with van der Waals surface area (Å²) in [6, 6.07) is 8.36. The van der Waals surface area contributed by atoms with E-state index in [4.69, 9.17) is 0 Å². The molecule has 0 N–H and O–H groups in total. The van der Waals surface area contributed by atoms with Crippen LogP contribution in [0.1, 0.15) is 17.7 Å². The van der Waals surface area contributed by atoms with E-state index < -0.39 is 17.8 Å². The van der Waals surface area contributed by atoms with Crippen molar-refractivity contribution in [2.24, 2.45) is 0 Å². The maximum Gasteiger partial charge on any atom is 0.331 e. The summed E-state index contributed by atoms with van der Waals surface area (Å²) in [5.74, 6) is -0.672. The molecule has 0 radical (unpaired) electrons. The summed E-state index contributed by atoms with van der Waals surface area (Å²) in [5.41, 5.74) is -0.348. The number of rotatable bonds is 3. The van der Waals surface area contributed by atoms with Crippen LogP contribution >= 0.6 is 0 Å². The van der Waals surface area contributed by atoms with Gasteiger partial charge in [-0.15, -0.1) is 0 Å². The fourth-order valence-electron chi connectivity index (χ4n) is 4.03. The highest BCUT2D eigenvalue weighted by molar-refractivity contribution is 5.76. The number of benzene rings is 1.